The maximum atomic E-state index is 14.0. The molecule has 2 heterocycles. The van der Waals surface area contributed by atoms with Crippen LogP contribution in [0.25, 0.3) is 0 Å². The number of carbonyl (C=O) groups is 3. The van der Waals surface area contributed by atoms with Crippen molar-refractivity contribution in [3.05, 3.63) is 70.2 Å². The average Bonchev–Trinajstić information content (AvgIpc) is 3.66. The third kappa shape index (κ3) is 6.43. The van der Waals surface area contributed by atoms with Gasteiger partial charge in [0.2, 0.25) is 27.7 Å². The number of nitrogens with two attached hydrogens (primary N) is 1. The van der Waals surface area contributed by atoms with Crippen molar-refractivity contribution >= 4 is 39.3 Å². The summed E-state index contributed by atoms with van der Waals surface area (Å²) in [6.45, 7) is 1.97. The molecule has 41 heavy (non-hydrogen) atoms. The van der Waals surface area contributed by atoms with E-state index in [1.54, 1.807) is 53.4 Å². The van der Waals surface area contributed by atoms with Gasteiger partial charge in [-0.1, -0.05) is 48.0 Å². The summed E-state index contributed by atoms with van der Waals surface area (Å²) in [7, 11) is -3.98. The highest BCUT2D eigenvalue weighted by atomic mass is 35.5. The number of likely N-dealkylation sites (tertiary alicyclic amines) is 2. The predicted molar refractivity (Wildman–Crippen MR) is 155 cm³/mol. The van der Waals surface area contributed by atoms with Crippen LogP contribution in [0.2, 0.25) is 5.02 Å². The normalized spacial score (nSPS) is 24.0. The van der Waals surface area contributed by atoms with Crippen LogP contribution in [0.15, 0.2) is 48.5 Å². The monoisotopic (exact) mass is 601 g/mol. The van der Waals surface area contributed by atoms with Crippen molar-refractivity contribution in [3.8, 4) is 0 Å². The highest BCUT2D eigenvalue weighted by Crippen LogP contribution is 2.48. The van der Waals surface area contributed by atoms with Crippen molar-refractivity contribution in [2.45, 2.75) is 62.5 Å². The largest absolute Gasteiger partial charge is 0.350 e. The minimum absolute atomic E-state index is 0.0718. The molecule has 12 heteroatoms. The van der Waals surface area contributed by atoms with Crippen molar-refractivity contribution in [1.82, 2.24) is 19.8 Å². The second kappa shape index (κ2) is 12.1. The smallest absolute Gasteiger partial charge is 0.245 e. The Morgan fingerprint density at radius 3 is 2.39 bits per heavy atom. The van der Waals surface area contributed by atoms with Gasteiger partial charge in [0, 0.05) is 37.7 Å². The Hall–Kier alpha value is -2.99. The van der Waals surface area contributed by atoms with Gasteiger partial charge in [-0.05, 0) is 60.9 Å². The van der Waals surface area contributed by atoms with Crippen molar-refractivity contribution in [2.75, 3.05) is 19.6 Å². The van der Waals surface area contributed by atoms with Gasteiger partial charge in [-0.3, -0.25) is 14.4 Å². The van der Waals surface area contributed by atoms with Gasteiger partial charge in [0.1, 0.15) is 11.6 Å². The summed E-state index contributed by atoms with van der Waals surface area (Å²) < 4.78 is 29.2. The summed E-state index contributed by atoms with van der Waals surface area (Å²) in [4.78, 5) is 43.7. The first-order valence-corrected chi connectivity index (χ1v) is 16.1. The van der Waals surface area contributed by atoms with Crippen molar-refractivity contribution in [3.63, 3.8) is 0 Å². The molecule has 0 bridgehead atoms. The Labute approximate surface area is 245 Å². The number of amides is 3. The summed E-state index contributed by atoms with van der Waals surface area (Å²) in [6.07, 6.45) is 3.31. The number of nitrogens with zero attached hydrogens (tertiary/aromatic N) is 2. The van der Waals surface area contributed by atoms with Crippen LogP contribution in [-0.2, 0) is 43.2 Å². The van der Waals surface area contributed by atoms with E-state index in [9.17, 15) is 22.8 Å². The van der Waals surface area contributed by atoms with Crippen LogP contribution in [0.5, 0.6) is 0 Å². The van der Waals surface area contributed by atoms with Gasteiger partial charge in [-0.25, -0.2) is 8.42 Å². The number of halogens is 1. The summed E-state index contributed by atoms with van der Waals surface area (Å²) >= 11 is 6.12. The fourth-order valence-electron chi connectivity index (χ4n) is 5.81. The van der Waals surface area contributed by atoms with Crippen LogP contribution in [0.1, 0.15) is 48.8 Å². The molecule has 5 rings (SSSR count). The third-order valence-corrected chi connectivity index (χ3v) is 9.89. The van der Waals surface area contributed by atoms with Gasteiger partial charge < -0.3 is 20.9 Å². The molecule has 2 aromatic carbocycles. The van der Waals surface area contributed by atoms with Crippen LogP contribution < -0.4 is 15.8 Å². The first-order chi connectivity index (χ1) is 19.6. The Kier molecular flexibility index (Phi) is 8.70. The Bertz CT molecular complexity index is 1420. The van der Waals surface area contributed by atoms with E-state index >= 15 is 0 Å². The molecular weight excluding hydrogens is 566 g/mol. The lowest BCUT2D eigenvalue weighted by Gasteiger charge is -2.42. The highest BCUT2D eigenvalue weighted by Gasteiger charge is 2.68. The maximum Gasteiger partial charge on any atom is 0.245 e. The number of hydrogen-bond donors (Lipinski definition) is 3. The topological polar surface area (TPSA) is 142 Å². The van der Waals surface area contributed by atoms with Gasteiger partial charge in [0.25, 0.3) is 0 Å². The van der Waals surface area contributed by atoms with Crippen LogP contribution in [0.3, 0.4) is 0 Å². The summed E-state index contributed by atoms with van der Waals surface area (Å²) in [5.41, 5.74) is 6.42. The lowest BCUT2D eigenvalue weighted by molar-refractivity contribution is -0.150. The molecule has 3 fully saturated rings. The average molecular weight is 602 g/mol. The number of piperidine rings is 1. The molecule has 10 nitrogen and oxygen atoms in total. The Morgan fingerprint density at radius 2 is 1.73 bits per heavy atom. The molecule has 3 atom stereocenters. The highest BCUT2D eigenvalue weighted by molar-refractivity contribution is 7.88. The minimum atomic E-state index is -3.98. The van der Waals surface area contributed by atoms with E-state index in [-0.39, 0.29) is 37.1 Å². The van der Waals surface area contributed by atoms with Crippen LogP contribution >= 0.6 is 11.6 Å². The van der Waals surface area contributed by atoms with Crippen LogP contribution in [0.4, 0.5) is 0 Å². The zero-order valence-electron chi connectivity index (χ0n) is 22.9. The molecule has 4 N–H and O–H groups in total. The second-order valence-electron chi connectivity index (χ2n) is 11.1. The zero-order chi connectivity index (χ0) is 29.2. The molecule has 2 aliphatic heterocycles. The van der Waals surface area contributed by atoms with E-state index in [1.165, 1.54) is 4.90 Å². The molecule has 1 unspecified atom stereocenters. The number of rotatable bonds is 10. The molecule has 2 saturated heterocycles. The van der Waals surface area contributed by atoms with E-state index in [4.69, 9.17) is 17.3 Å². The molecule has 0 aromatic heterocycles. The molecule has 0 radical (unpaired) electrons. The number of sulfonamides is 1. The van der Waals surface area contributed by atoms with E-state index in [1.807, 2.05) is 0 Å². The lowest BCUT2D eigenvalue weighted by atomic mass is 9.98. The van der Waals surface area contributed by atoms with E-state index in [0.29, 0.717) is 36.6 Å². The minimum Gasteiger partial charge on any atom is -0.350 e. The molecular formula is C29H36ClN5O5S. The van der Waals surface area contributed by atoms with Gasteiger partial charge in [-0.15, -0.1) is 0 Å². The number of nitrogens with one attached hydrogen (secondary N) is 2. The first-order valence-electron chi connectivity index (χ1n) is 14.0. The number of carbonyl (C=O) groups excluding carboxylic acids is 3. The fraction of sp³-hybridized carbons (Fsp3) is 0.483. The predicted octanol–water partition coefficient (Wildman–Crippen LogP) is 1.91. The summed E-state index contributed by atoms with van der Waals surface area (Å²) in [5.74, 6) is -2.21. The van der Waals surface area contributed by atoms with E-state index in [2.05, 4.69) is 10.0 Å². The Balaban J connectivity index is 1.32. The van der Waals surface area contributed by atoms with Gasteiger partial charge in [0.05, 0.1) is 11.7 Å². The molecule has 3 aliphatic rings. The van der Waals surface area contributed by atoms with Gasteiger partial charge in [0.15, 0.2) is 0 Å². The SMILES string of the molecule is NCc1ccc(Cl)cc1CNC(=O)[C@@H]1CCN1C(=O)C1(NS(=O)(=O)Cc2ccccc2)C[C@@H]1C(=O)N1CCCCC1. The molecule has 2 aromatic rings. The standard InChI is InChI=1S/C29H36ClN5O5S/c30-23-10-9-21(17-31)22(15-23)18-32-26(36)25-11-14-35(25)28(38)29(16-24(29)27(37)34-12-5-2-6-13-34)33-41(39,40)19-20-7-3-1-4-8-20/h1,3-4,7-10,15,24-25,33H,2,5-6,11-14,16-19,31H2,(H,32,36)/t24-,25+,29?/m1/s1. The molecule has 220 valence electrons. The molecule has 0 spiro atoms. The van der Waals surface area contributed by atoms with Crippen molar-refractivity contribution < 1.29 is 22.8 Å². The fourth-order valence-corrected chi connectivity index (χ4v) is 7.58. The van der Waals surface area contributed by atoms with Gasteiger partial charge in [-0.2, -0.15) is 4.72 Å². The number of hydrogen-bond acceptors (Lipinski definition) is 6. The zero-order valence-corrected chi connectivity index (χ0v) is 24.4. The maximum absolute atomic E-state index is 14.0. The third-order valence-electron chi connectivity index (χ3n) is 8.27. The van der Waals surface area contributed by atoms with Crippen molar-refractivity contribution in [2.24, 2.45) is 11.7 Å². The van der Waals surface area contributed by atoms with E-state index < -0.39 is 33.4 Å². The van der Waals surface area contributed by atoms with Crippen LogP contribution in [0, 0.1) is 5.92 Å². The lowest BCUT2D eigenvalue weighted by Crippen LogP contribution is -2.64. The van der Waals surface area contributed by atoms with Crippen LogP contribution in [-0.4, -0.2) is 67.2 Å². The summed E-state index contributed by atoms with van der Waals surface area (Å²) in [5, 5.41) is 3.39. The quantitative estimate of drug-likeness (QED) is 0.380. The van der Waals surface area contributed by atoms with Crippen molar-refractivity contribution in [1.29, 1.82) is 0 Å². The Morgan fingerprint density at radius 1 is 1.00 bits per heavy atom. The first kappa shape index (κ1) is 29.5. The second-order valence-corrected chi connectivity index (χ2v) is 13.3. The number of benzene rings is 2. The summed E-state index contributed by atoms with van der Waals surface area (Å²) in [6, 6.07) is 13.2. The van der Waals surface area contributed by atoms with Gasteiger partial charge >= 0.3 is 0 Å². The van der Waals surface area contributed by atoms with E-state index in [0.717, 1.165) is 30.4 Å². The molecule has 3 amide bonds. The molecule has 1 aliphatic carbocycles. The molecule has 1 saturated carbocycles.